The first-order valence-electron chi connectivity index (χ1n) is 9.15. The van der Waals surface area contributed by atoms with E-state index in [4.69, 9.17) is 4.74 Å². The zero-order valence-electron chi connectivity index (χ0n) is 15.6. The molecular formula is C22H21FN2O3. The number of likely N-dealkylation sites (tertiary alicyclic amines) is 1. The molecule has 0 saturated carbocycles. The molecule has 0 unspecified atom stereocenters. The molecule has 0 aliphatic carbocycles. The first-order valence-corrected chi connectivity index (χ1v) is 9.15. The summed E-state index contributed by atoms with van der Waals surface area (Å²) in [4.78, 5) is 26.3. The second kappa shape index (κ2) is 9.05. The smallest absolute Gasteiger partial charge is 0.299 e. The van der Waals surface area contributed by atoms with E-state index < -0.39 is 11.9 Å². The lowest BCUT2D eigenvalue weighted by Crippen LogP contribution is -2.49. The molecule has 0 radical (unpaired) electrons. The molecule has 1 heterocycles. The molecular weight excluding hydrogens is 359 g/mol. The van der Waals surface area contributed by atoms with E-state index in [1.807, 2.05) is 0 Å². The number of para-hydroxylation sites is 1. The van der Waals surface area contributed by atoms with E-state index in [0.717, 1.165) is 12.8 Å². The van der Waals surface area contributed by atoms with E-state index in [2.05, 4.69) is 17.2 Å². The molecule has 28 heavy (non-hydrogen) atoms. The molecule has 0 spiro atoms. The molecule has 1 saturated heterocycles. The fraction of sp³-hybridized carbons (Fsp3) is 0.273. The Morgan fingerprint density at radius 1 is 1.14 bits per heavy atom. The van der Waals surface area contributed by atoms with Crippen LogP contribution >= 0.6 is 0 Å². The summed E-state index contributed by atoms with van der Waals surface area (Å²) in [5.74, 6) is 4.67. The van der Waals surface area contributed by atoms with E-state index in [1.165, 1.54) is 11.0 Å². The van der Waals surface area contributed by atoms with E-state index in [0.29, 0.717) is 24.4 Å². The molecule has 1 atom stereocenters. The first kappa shape index (κ1) is 19.4. The molecule has 1 N–H and O–H groups in total. The van der Waals surface area contributed by atoms with Crippen molar-refractivity contribution in [1.82, 2.24) is 4.90 Å². The van der Waals surface area contributed by atoms with E-state index in [9.17, 15) is 14.0 Å². The van der Waals surface area contributed by atoms with Crippen LogP contribution in [0.25, 0.3) is 0 Å². The lowest BCUT2D eigenvalue weighted by atomic mass is 10.0. The van der Waals surface area contributed by atoms with Gasteiger partial charge in [-0.25, -0.2) is 4.39 Å². The van der Waals surface area contributed by atoms with Gasteiger partial charge >= 0.3 is 0 Å². The molecule has 0 aromatic heterocycles. The van der Waals surface area contributed by atoms with Gasteiger partial charge in [0.1, 0.15) is 11.8 Å². The predicted molar refractivity (Wildman–Crippen MR) is 104 cm³/mol. The summed E-state index contributed by atoms with van der Waals surface area (Å²) in [5, 5.41) is 2.83. The van der Waals surface area contributed by atoms with Gasteiger partial charge < -0.3 is 15.0 Å². The number of hydrogen-bond acceptors (Lipinski definition) is 3. The van der Waals surface area contributed by atoms with E-state index >= 15 is 0 Å². The number of benzene rings is 2. The number of rotatable bonds is 4. The SMILES string of the molecule is CC#CC(=O)N1CCCC[C@H]1C(=O)Nc1ccc(Oc2ccccc2F)cc1. The van der Waals surface area contributed by atoms with Crippen LogP contribution in [0.4, 0.5) is 10.1 Å². The molecule has 2 amide bonds. The zero-order valence-corrected chi connectivity index (χ0v) is 15.6. The van der Waals surface area contributed by atoms with Crippen molar-refractivity contribution in [3.05, 3.63) is 54.3 Å². The van der Waals surface area contributed by atoms with E-state index in [-0.39, 0.29) is 17.6 Å². The van der Waals surface area contributed by atoms with Crippen LogP contribution in [0.1, 0.15) is 26.2 Å². The van der Waals surface area contributed by atoms with Gasteiger partial charge in [-0.15, -0.1) is 0 Å². The third-order valence-electron chi connectivity index (χ3n) is 4.48. The van der Waals surface area contributed by atoms with Crippen molar-refractivity contribution in [3.8, 4) is 23.3 Å². The normalized spacial score (nSPS) is 15.9. The highest BCUT2D eigenvalue weighted by Crippen LogP contribution is 2.26. The zero-order chi connectivity index (χ0) is 19.9. The average Bonchev–Trinajstić information content (AvgIpc) is 2.71. The molecule has 144 valence electrons. The standard InChI is InChI=1S/C22H21FN2O3/c1-2-7-21(26)25-15-6-5-9-19(25)22(27)24-16-11-13-17(14-12-16)28-20-10-4-3-8-18(20)23/h3-4,8,10-14,19H,5-6,9,15H2,1H3,(H,24,27)/t19-/m0/s1. The quantitative estimate of drug-likeness (QED) is 0.817. The highest BCUT2D eigenvalue weighted by atomic mass is 19.1. The molecule has 5 nitrogen and oxygen atoms in total. The Morgan fingerprint density at radius 3 is 2.61 bits per heavy atom. The number of halogens is 1. The van der Waals surface area contributed by atoms with Crippen molar-refractivity contribution in [2.24, 2.45) is 0 Å². The Kier molecular flexibility index (Phi) is 6.28. The maximum absolute atomic E-state index is 13.7. The third-order valence-corrected chi connectivity index (χ3v) is 4.48. The largest absolute Gasteiger partial charge is 0.454 e. The van der Waals surface area contributed by atoms with Crippen LogP contribution in [-0.4, -0.2) is 29.3 Å². The summed E-state index contributed by atoms with van der Waals surface area (Å²) in [7, 11) is 0. The van der Waals surface area contributed by atoms with Gasteiger partial charge in [-0.1, -0.05) is 18.1 Å². The van der Waals surface area contributed by atoms with E-state index in [1.54, 1.807) is 49.4 Å². The second-order valence-corrected chi connectivity index (χ2v) is 6.43. The van der Waals surface area contributed by atoms with Gasteiger partial charge in [0, 0.05) is 12.2 Å². The minimum Gasteiger partial charge on any atom is -0.454 e. The first-order chi connectivity index (χ1) is 13.6. The van der Waals surface area contributed by atoms with Crippen LogP contribution in [0.3, 0.4) is 0 Å². The summed E-state index contributed by atoms with van der Waals surface area (Å²) in [6.45, 7) is 2.13. The van der Waals surface area contributed by atoms with Crippen LogP contribution in [-0.2, 0) is 9.59 Å². The lowest BCUT2D eigenvalue weighted by Gasteiger charge is -2.33. The van der Waals surface area contributed by atoms with Crippen molar-refractivity contribution >= 4 is 17.5 Å². The number of nitrogens with one attached hydrogen (secondary N) is 1. The number of piperidine rings is 1. The Balaban J connectivity index is 1.65. The third kappa shape index (κ3) is 4.68. The van der Waals surface area contributed by atoms with Crippen LogP contribution in [0.2, 0.25) is 0 Å². The summed E-state index contributed by atoms with van der Waals surface area (Å²) in [6, 6.07) is 12.3. The lowest BCUT2D eigenvalue weighted by molar-refractivity contribution is -0.135. The number of amides is 2. The van der Waals surface area contributed by atoms with Crippen molar-refractivity contribution in [1.29, 1.82) is 0 Å². The molecule has 2 aromatic rings. The molecule has 0 bridgehead atoms. The van der Waals surface area contributed by atoms with Gasteiger partial charge in [-0.3, -0.25) is 9.59 Å². The Hall–Kier alpha value is -3.33. The number of hydrogen-bond donors (Lipinski definition) is 1. The van der Waals surface area contributed by atoms with Crippen molar-refractivity contribution in [2.75, 3.05) is 11.9 Å². The van der Waals surface area contributed by atoms with Crippen molar-refractivity contribution < 1.29 is 18.7 Å². The van der Waals surface area contributed by atoms with Gasteiger partial charge in [0.2, 0.25) is 5.91 Å². The molecule has 1 aliphatic rings. The fourth-order valence-corrected chi connectivity index (χ4v) is 3.11. The molecule has 1 aliphatic heterocycles. The summed E-state index contributed by atoms with van der Waals surface area (Å²) >= 11 is 0. The number of anilines is 1. The van der Waals surface area contributed by atoms with Gasteiger partial charge in [-0.2, -0.15) is 0 Å². The molecule has 1 fully saturated rings. The Bertz CT molecular complexity index is 915. The average molecular weight is 380 g/mol. The van der Waals surface area contributed by atoms with Crippen LogP contribution in [0.5, 0.6) is 11.5 Å². The number of ether oxygens (including phenoxy) is 1. The van der Waals surface area contributed by atoms with Gasteiger partial charge in [0.25, 0.3) is 5.91 Å². The maximum Gasteiger partial charge on any atom is 0.299 e. The van der Waals surface area contributed by atoms with Gasteiger partial charge in [-0.05, 0) is 68.5 Å². The van der Waals surface area contributed by atoms with Crippen molar-refractivity contribution in [2.45, 2.75) is 32.2 Å². The summed E-state index contributed by atoms with van der Waals surface area (Å²) in [5.41, 5.74) is 0.574. The monoisotopic (exact) mass is 380 g/mol. The number of carbonyl (C=O) groups excluding carboxylic acids is 2. The minimum absolute atomic E-state index is 0.132. The molecule has 2 aromatic carbocycles. The summed E-state index contributed by atoms with van der Waals surface area (Å²) in [6.07, 6.45) is 2.36. The second-order valence-electron chi connectivity index (χ2n) is 6.43. The van der Waals surface area contributed by atoms with Crippen LogP contribution in [0.15, 0.2) is 48.5 Å². The van der Waals surface area contributed by atoms with Gasteiger partial charge in [0.15, 0.2) is 11.6 Å². The number of carbonyl (C=O) groups is 2. The van der Waals surface area contributed by atoms with Crippen LogP contribution in [0, 0.1) is 17.7 Å². The maximum atomic E-state index is 13.7. The topological polar surface area (TPSA) is 58.6 Å². The summed E-state index contributed by atoms with van der Waals surface area (Å²) < 4.78 is 19.2. The van der Waals surface area contributed by atoms with Crippen LogP contribution < -0.4 is 10.1 Å². The Labute approximate surface area is 163 Å². The predicted octanol–water partition coefficient (Wildman–Crippen LogP) is 3.96. The number of nitrogens with zero attached hydrogens (tertiary/aromatic N) is 1. The fourth-order valence-electron chi connectivity index (χ4n) is 3.11. The highest BCUT2D eigenvalue weighted by Gasteiger charge is 2.31. The Morgan fingerprint density at radius 2 is 1.89 bits per heavy atom. The van der Waals surface area contributed by atoms with Crippen molar-refractivity contribution in [3.63, 3.8) is 0 Å². The van der Waals surface area contributed by atoms with Gasteiger partial charge in [0.05, 0.1) is 0 Å². The molecule has 6 heteroatoms. The molecule has 3 rings (SSSR count). The highest BCUT2D eigenvalue weighted by molar-refractivity contribution is 6.01. The minimum atomic E-state index is -0.531.